The SMILES string of the molecule is CCC(C)S(=O)(=O)CCNCc1cccs1. The number of hydrogen-bond donors (Lipinski definition) is 1. The van der Waals surface area contributed by atoms with E-state index in [4.69, 9.17) is 0 Å². The molecule has 16 heavy (non-hydrogen) atoms. The van der Waals surface area contributed by atoms with Crippen molar-refractivity contribution in [3.63, 3.8) is 0 Å². The number of hydrogen-bond acceptors (Lipinski definition) is 4. The van der Waals surface area contributed by atoms with Gasteiger partial charge in [-0.1, -0.05) is 13.0 Å². The van der Waals surface area contributed by atoms with Gasteiger partial charge in [0, 0.05) is 18.0 Å². The first-order valence-electron chi connectivity index (χ1n) is 5.51. The lowest BCUT2D eigenvalue weighted by molar-refractivity contribution is 0.576. The Balaban J connectivity index is 2.25. The van der Waals surface area contributed by atoms with E-state index in [0.29, 0.717) is 13.0 Å². The summed E-state index contributed by atoms with van der Waals surface area (Å²) in [7, 11) is -2.91. The molecule has 1 N–H and O–H groups in total. The van der Waals surface area contributed by atoms with E-state index in [0.717, 1.165) is 6.54 Å². The van der Waals surface area contributed by atoms with Crippen LogP contribution in [0.3, 0.4) is 0 Å². The van der Waals surface area contributed by atoms with Gasteiger partial charge in [-0.3, -0.25) is 0 Å². The molecular formula is C11H19NO2S2. The summed E-state index contributed by atoms with van der Waals surface area (Å²) < 4.78 is 23.4. The molecule has 5 heteroatoms. The van der Waals surface area contributed by atoms with Gasteiger partial charge in [0.25, 0.3) is 0 Å². The maximum Gasteiger partial charge on any atom is 0.154 e. The number of nitrogens with one attached hydrogen (secondary N) is 1. The van der Waals surface area contributed by atoms with Gasteiger partial charge in [-0.15, -0.1) is 11.3 Å². The average Bonchev–Trinajstić information content (AvgIpc) is 2.76. The standard InChI is InChI=1S/C11H19NO2S2/c1-3-10(2)16(13,14)8-6-12-9-11-5-4-7-15-11/h4-5,7,10,12H,3,6,8-9H2,1-2H3. The Morgan fingerprint density at radius 1 is 1.50 bits per heavy atom. The van der Waals surface area contributed by atoms with Crippen LogP contribution in [0.2, 0.25) is 0 Å². The van der Waals surface area contributed by atoms with Crippen LogP contribution in [0.25, 0.3) is 0 Å². The third-order valence-electron chi connectivity index (χ3n) is 2.63. The molecule has 92 valence electrons. The van der Waals surface area contributed by atoms with E-state index in [1.54, 1.807) is 18.3 Å². The Morgan fingerprint density at radius 3 is 2.81 bits per heavy atom. The largest absolute Gasteiger partial charge is 0.311 e. The molecule has 0 radical (unpaired) electrons. The monoisotopic (exact) mass is 261 g/mol. The zero-order valence-electron chi connectivity index (χ0n) is 9.77. The summed E-state index contributed by atoms with van der Waals surface area (Å²) in [5.41, 5.74) is 0. The van der Waals surface area contributed by atoms with E-state index in [-0.39, 0.29) is 11.0 Å². The fraction of sp³-hybridized carbons (Fsp3) is 0.636. The van der Waals surface area contributed by atoms with Crippen LogP contribution in [0.1, 0.15) is 25.1 Å². The predicted molar refractivity (Wildman–Crippen MR) is 69.6 cm³/mol. The molecule has 1 aromatic heterocycles. The van der Waals surface area contributed by atoms with Crippen molar-refractivity contribution in [3.8, 4) is 0 Å². The summed E-state index contributed by atoms with van der Waals surface area (Å²) in [5, 5.41) is 4.95. The summed E-state index contributed by atoms with van der Waals surface area (Å²) in [4.78, 5) is 1.24. The third kappa shape index (κ3) is 4.23. The first kappa shape index (κ1) is 13.7. The lowest BCUT2D eigenvalue weighted by atomic mass is 10.4. The van der Waals surface area contributed by atoms with Crippen molar-refractivity contribution >= 4 is 21.2 Å². The van der Waals surface area contributed by atoms with E-state index >= 15 is 0 Å². The van der Waals surface area contributed by atoms with E-state index in [9.17, 15) is 8.42 Å². The van der Waals surface area contributed by atoms with Crippen molar-refractivity contribution < 1.29 is 8.42 Å². The molecule has 0 aliphatic carbocycles. The van der Waals surface area contributed by atoms with Gasteiger partial charge in [-0.05, 0) is 24.8 Å². The second-order valence-electron chi connectivity index (χ2n) is 3.84. The van der Waals surface area contributed by atoms with Crippen LogP contribution in [0.15, 0.2) is 17.5 Å². The molecular weight excluding hydrogens is 242 g/mol. The molecule has 0 aliphatic rings. The van der Waals surface area contributed by atoms with Crippen molar-refractivity contribution in [2.75, 3.05) is 12.3 Å². The Hall–Kier alpha value is -0.390. The first-order valence-corrected chi connectivity index (χ1v) is 8.10. The van der Waals surface area contributed by atoms with Gasteiger partial charge >= 0.3 is 0 Å². The van der Waals surface area contributed by atoms with E-state index in [1.807, 2.05) is 24.4 Å². The second kappa shape index (κ2) is 6.37. The lowest BCUT2D eigenvalue weighted by Gasteiger charge is -2.10. The molecule has 1 rings (SSSR count). The van der Waals surface area contributed by atoms with Crippen LogP contribution in [-0.4, -0.2) is 26.0 Å². The smallest absolute Gasteiger partial charge is 0.154 e. The molecule has 0 saturated heterocycles. The number of sulfone groups is 1. The highest BCUT2D eigenvalue weighted by molar-refractivity contribution is 7.92. The van der Waals surface area contributed by atoms with E-state index in [1.165, 1.54) is 4.88 Å². The molecule has 0 spiro atoms. The minimum absolute atomic E-state index is 0.226. The zero-order valence-corrected chi connectivity index (χ0v) is 11.4. The van der Waals surface area contributed by atoms with Gasteiger partial charge in [0.1, 0.15) is 0 Å². The molecule has 0 bridgehead atoms. The normalized spacial score (nSPS) is 13.9. The Labute approximate surface area is 102 Å². The van der Waals surface area contributed by atoms with Crippen LogP contribution in [0, 0.1) is 0 Å². The molecule has 1 heterocycles. The summed E-state index contributed by atoms with van der Waals surface area (Å²) >= 11 is 1.68. The lowest BCUT2D eigenvalue weighted by Crippen LogP contribution is -2.27. The Kier molecular flexibility index (Phi) is 5.44. The van der Waals surface area contributed by atoms with Crippen LogP contribution in [-0.2, 0) is 16.4 Å². The summed E-state index contributed by atoms with van der Waals surface area (Å²) in [6, 6.07) is 4.04. The highest BCUT2D eigenvalue weighted by atomic mass is 32.2. The molecule has 0 fully saturated rings. The van der Waals surface area contributed by atoms with Gasteiger partial charge in [-0.25, -0.2) is 8.42 Å². The van der Waals surface area contributed by atoms with Crippen molar-refractivity contribution in [1.82, 2.24) is 5.32 Å². The summed E-state index contributed by atoms with van der Waals surface area (Å²) in [6.45, 7) is 4.97. The Bertz CT molecular complexity index is 384. The van der Waals surface area contributed by atoms with Gasteiger partial charge in [0.05, 0.1) is 11.0 Å². The van der Waals surface area contributed by atoms with Crippen LogP contribution in [0.5, 0.6) is 0 Å². The third-order valence-corrected chi connectivity index (χ3v) is 5.84. The fourth-order valence-corrected chi connectivity index (χ4v) is 3.31. The molecule has 3 nitrogen and oxygen atoms in total. The van der Waals surface area contributed by atoms with Gasteiger partial charge in [0.2, 0.25) is 0 Å². The van der Waals surface area contributed by atoms with Crippen LogP contribution in [0.4, 0.5) is 0 Å². The quantitative estimate of drug-likeness (QED) is 0.764. The highest BCUT2D eigenvalue weighted by Gasteiger charge is 2.17. The zero-order chi connectivity index (χ0) is 12.0. The van der Waals surface area contributed by atoms with Crippen LogP contribution < -0.4 is 5.32 Å². The fourth-order valence-electron chi connectivity index (χ4n) is 1.29. The minimum Gasteiger partial charge on any atom is -0.311 e. The summed E-state index contributed by atoms with van der Waals surface area (Å²) in [6.07, 6.45) is 0.688. The molecule has 1 unspecified atom stereocenters. The van der Waals surface area contributed by atoms with Crippen molar-refractivity contribution in [3.05, 3.63) is 22.4 Å². The second-order valence-corrected chi connectivity index (χ2v) is 7.41. The predicted octanol–water partition coefficient (Wildman–Crippen LogP) is 2.05. The van der Waals surface area contributed by atoms with Gasteiger partial charge in [0.15, 0.2) is 9.84 Å². The highest BCUT2D eigenvalue weighted by Crippen LogP contribution is 2.08. The van der Waals surface area contributed by atoms with Crippen molar-refractivity contribution in [2.45, 2.75) is 32.1 Å². The summed E-state index contributed by atoms with van der Waals surface area (Å²) in [5.74, 6) is 0.230. The molecule has 0 aliphatic heterocycles. The number of rotatable bonds is 7. The molecule has 0 amide bonds. The average molecular weight is 261 g/mol. The number of thiophene rings is 1. The maximum absolute atomic E-state index is 11.7. The molecule has 0 saturated carbocycles. The van der Waals surface area contributed by atoms with Gasteiger partial charge < -0.3 is 5.32 Å². The van der Waals surface area contributed by atoms with Crippen molar-refractivity contribution in [2.24, 2.45) is 0 Å². The maximum atomic E-state index is 11.7. The van der Waals surface area contributed by atoms with Gasteiger partial charge in [-0.2, -0.15) is 0 Å². The van der Waals surface area contributed by atoms with Crippen molar-refractivity contribution in [1.29, 1.82) is 0 Å². The molecule has 1 aromatic rings. The molecule has 1 atom stereocenters. The van der Waals surface area contributed by atoms with E-state index in [2.05, 4.69) is 5.32 Å². The van der Waals surface area contributed by atoms with E-state index < -0.39 is 9.84 Å². The first-order chi connectivity index (χ1) is 7.56. The molecule has 0 aromatic carbocycles. The Morgan fingerprint density at radius 2 is 2.25 bits per heavy atom. The van der Waals surface area contributed by atoms with Crippen LogP contribution >= 0.6 is 11.3 Å². The topological polar surface area (TPSA) is 46.2 Å². The minimum atomic E-state index is -2.91.